The number of hydrogen-bond donors (Lipinski definition) is 2. The summed E-state index contributed by atoms with van der Waals surface area (Å²) in [4.78, 5) is 21.9. The van der Waals surface area contributed by atoms with Crippen LogP contribution in [0.25, 0.3) is 0 Å². The van der Waals surface area contributed by atoms with Crippen LogP contribution in [0, 0.1) is 0 Å². The van der Waals surface area contributed by atoms with Gasteiger partial charge in [-0.15, -0.1) is 11.6 Å². The number of carbonyl (C=O) groups excluding carboxylic acids is 2. The summed E-state index contributed by atoms with van der Waals surface area (Å²) >= 11 is 5.13. The number of aliphatic hydroxyl groups excluding tert-OH is 2. The monoisotopic (exact) mass is 252 g/mol. The Morgan fingerprint density at radius 3 is 2.56 bits per heavy atom. The first kappa shape index (κ1) is 14.9. The second-order valence-corrected chi connectivity index (χ2v) is 2.96. The van der Waals surface area contributed by atoms with Crippen LogP contribution in [-0.4, -0.2) is 47.3 Å². The lowest BCUT2D eigenvalue weighted by atomic mass is 10.4. The van der Waals surface area contributed by atoms with Gasteiger partial charge in [-0.1, -0.05) is 0 Å². The lowest BCUT2D eigenvalue weighted by Crippen LogP contribution is -2.23. The third-order valence-corrected chi connectivity index (χ3v) is 1.64. The summed E-state index contributed by atoms with van der Waals surface area (Å²) in [5, 5.41) is 17.5. The average molecular weight is 253 g/mol. The number of ether oxygens (including phenoxy) is 2. The van der Waals surface area contributed by atoms with Crippen molar-refractivity contribution in [2.24, 2.45) is 0 Å². The van der Waals surface area contributed by atoms with E-state index in [-0.39, 0.29) is 12.4 Å². The minimum Gasteiger partial charge on any atom is -0.484 e. The van der Waals surface area contributed by atoms with E-state index in [1.807, 2.05) is 0 Å². The molecule has 6 nitrogen and oxygen atoms in total. The van der Waals surface area contributed by atoms with Gasteiger partial charge in [0.1, 0.15) is 18.6 Å². The van der Waals surface area contributed by atoms with Crippen LogP contribution in [0.15, 0.2) is 11.8 Å². The molecule has 0 fully saturated rings. The van der Waals surface area contributed by atoms with Gasteiger partial charge >= 0.3 is 11.9 Å². The van der Waals surface area contributed by atoms with Gasteiger partial charge in [0.05, 0.1) is 6.61 Å². The van der Waals surface area contributed by atoms with E-state index in [4.69, 9.17) is 26.6 Å². The van der Waals surface area contributed by atoms with E-state index in [9.17, 15) is 9.59 Å². The molecule has 1 atom stereocenters. The first-order valence-corrected chi connectivity index (χ1v) is 4.97. The molecule has 92 valence electrons. The Bertz CT molecular complexity index is 275. The van der Waals surface area contributed by atoms with Crippen molar-refractivity contribution >= 4 is 23.5 Å². The van der Waals surface area contributed by atoms with Gasteiger partial charge in [0.15, 0.2) is 0 Å². The number of esters is 2. The highest BCUT2D eigenvalue weighted by atomic mass is 35.5. The van der Waals surface area contributed by atoms with Crippen molar-refractivity contribution in [1.82, 2.24) is 0 Å². The van der Waals surface area contributed by atoms with Crippen LogP contribution in [0.1, 0.15) is 6.92 Å². The second kappa shape index (κ2) is 8.09. The summed E-state index contributed by atoms with van der Waals surface area (Å²) in [6.07, 6.45) is 0.167. The van der Waals surface area contributed by atoms with E-state index in [1.165, 1.54) is 13.0 Å². The van der Waals surface area contributed by atoms with E-state index < -0.39 is 30.5 Å². The molecule has 0 aliphatic rings. The van der Waals surface area contributed by atoms with Gasteiger partial charge < -0.3 is 19.7 Å². The van der Waals surface area contributed by atoms with Crippen molar-refractivity contribution in [1.29, 1.82) is 0 Å². The quantitative estimate of drug-likeness (QED) is 0.219. The predicted molar refractivity (Wildman–Crippen MR) is 54.6 cm³/mol. The van der Waals surface area contributed by atoms with Crippen LogP contribution < -0.4 is 0 Å². The molecule has 0 aromatic rings. The molecule has 7 heteroatoms. The highest BCUT2D eigenvalue weighted by molar-refractivity contribution is 6.27. The molecule has 0 aromatic heterocycles. The van der Waals surface area contributed by atoms with E-state index in [1.54, 1.807) is 0 Å². The van der Waals surface area contributed by atoms with Crippen LogP contribution in [0.2, 0.25) is 0 Å². The zero-order valence-corrected chi connectivity index (χ0v) is 9.44. The molecule has 0 saturated carbocycles. The van der Waals surface area contributed by atoms with Crippen LogP contribution in [-0.2, 0) is 19.1 Å². The smallest absolute Gasteiger partial charge is 0.380 e. The van der Waals surface area contributed by atoms with Gasteiger partial charge in [0, 0.05) is 0 Å². The summed E-state index contributed by atoms with van der Waals surface area (Å²) in [5.74, 6) is -2.55. The summed E-state index contributed by atoms with van der Waals surface area (Å²) in [5.41, 5.74) is 0. The van der Waals surface area contributed by atoms with Gasteiger partial charge in [-0.3, -0.25) is 4.79 Å². The van der Waals surface area contributed by atoms with Crippen molar-refractivity contribution < 1.29 is 29.3 Å². The van der Waals surface area contributed by atoms with Gasteiger partial charge in [-0.05, 0) is 13.0 Å². The standard InChI is InChI=1S/C9H13ClO6/c1-2-7(15-5-6(12)4-11)9(14)16-8(13)3-10/h2,6,11-12H,3-5H2,1H3. The fraction of sp³-hybridized carbons (Fsp3) is 0.556. The Hall–Kier alpha value is -1.11. The van der Waals surface area contributed by atoms with E-state index in [2.05, 4.69) is 4.74 Å². The minimum absolute atomic E-state index is 0.231. The SMILES string of the molecule is CC=C(OCC(O)CO)C(=O)OC(=O)CCl. The maximum absolute atomic E-state index is 11.2. The average Bonchev–Trinajstić information content (AvgIpc) is 2.29. The molecule has 0 spiro atoms. The van der Waals surface area contributed by atoms with Gasteiger partial charge in [0.2, 0.25) is 5.76 Å². The second-order valence-electron chi connectivity index (χ2n) is 2.70. The summed E-state index contributed by atoms with van der Waals surface area (Å²) in [6, 6.07) is 0. The summed E-state index contributed by atoms with van der Waals surface area (Å²) in [6.45, 7) is 0.722. The summed E-state index contributed by atoms with van der Waals surface area (Å²) in [7, 11) is 0. The zero-order chi connectivity index (χ0) is 12.6. The lowest BCUT2D eigenvalue weighted by molar-refractivity contribution is -0.157. The van der Waals surface area contributed by atoms with Gasteiger partial charge in [-0.2, -0.15) is 0 Å². The minimum atomic E-state index is -1.11. The molecule has 0 bridgehead atoms. The Morgan fingerprint density at radius 1 is 1.50 bits per heavy atom. The van der Waals surface area contributed by atoms with Crippen LogP contribution in [0.3, 0.4) is 0 Å². The third-order valence-electron chi connectivity index (χ3n) is 1.42. The molecule has 16 heavy (non-hydrogen) atoms. The fourth-order valence-electron chi connectivity index (χ4n) is 0.680. The Balaban J connectivity index is 4.19. The highest BCUT2D eigenvalue weighted by Crippen LogP contribution is 2.02. The Kier molecular flexibility index (Phi) is 7.53. The number of aliphatic hydroxyl groups is 2. The Labute approximate surface area is 97.4 Å². The number of alkyl halides is 1. The number of halogens is 1. The summed E-state index contributed by atoms with van der Waals surface area (Å²) < 4.78 is 9.10. The van der Waals surface area contributed by atoms with E-state index in [0.717, 1.165) is 0 Å². The molecule has 0 amide bonds. The number of allylic oxidation sites excluding steroid dienone is 1. The first-order valence-electron chi connectivity index (χ1n) is 4.44. The molecular formula is C9H13ClO6. The number of hydrogen-bond acceptors (Lipinski definition) is 6. The largest absolute Gasteiger partial charge is 0.484 e. The molecule has 0 aliphatic heterocycles. The topological polar surface area (TPSA) is 93.1 Å². The third kappa shape index (κ3) is 5.69. The van der Waals surface area contributed by atoms with Crippen molar-refractivity contribution in [2.45, 2.75) is 13.0 Å². The molecule has 1 unspecified atom stereocenters. The molecule has 0 heterocycles. The lowest BCUT2D eigenvalue weighted by Gasteiger charge is -2.11. The molecule has 0 aliphatic carbocycles. The number of rotatable bonds is 6. The maximum atomic E-state index is 11.2. The fourth-order valence-corrected chi connectivity index (χ4v) is 0.734. The maximum Gasteiger partial charge on any atom is 0.380 e. The molecule has 0 aromatic carbocycles. The molecular weight excluding hydrogens is 240 g/mol. The zero-order valence-electron chi connectivity index (χ0n) is 8.68. The first-order chi connectivity index (χ1) is 7.54. The van der Waals surface area contributed by atoms with Crippen molar-refractivity contribution in [2.75, 3.05) is 19.1 Å². The van der Waals surface area contributed by atoms with Crippen molar-refractivity contribution in [3.05, 3.63) is 11.8 Å². The van der Waals surface area contributed by atoms with E-state index in [0.29, 0.717) is 0 Å². The Morgan fingerprint density at radius 2 is 2.12 bits per heavy atom. The number of carbonyl (C=O) groups is 2. The normalized spacial score (nSPS) is 13.1. The molecule has 0 rings (SSSR count). The molecule has 2 N–H and O–H groups in total. The van der Waals surface area contributed by atoms with Crippen LogP contribution in [0.5, 0.6) is 0 Å². The highest BCUT2D eigenvalue weighted by Gasteiger charge is 2.17. The van der Waals surface area contributed by atoms with Crippen LogP contribution >= 0.6 is 11.6 Å². The van der Waals surface area contributed by atoms with Gasteiger partial charge in [-0.25, -0.2) is 4.79 Å². The van der Waals surface area contributed by atoms with Crippen molar-refractivity contribution in [3.8, 4) is 0 Å². The van der Waals surface area contributed by atoms with Crippen LogP contribution in [0.4, 0.5) is 0 Å². The van der Waals surface area contributed by atoms with Crippen molar-refractivity contribution in [3.63, 3.8) is 0 Å². The van der Waals surface area contributed by atoms with E-state index >= 15 is 0 Å². The van der Waals surface area contributed by atoms with Gasteiger partial charge in [0.25, 0.3) is 0 Å². The molecule has 0 radical (unpaired) electrons. The molecule has 0 saturated heterocycles. The predicted octanol–water partition coefficient (Wildman–Crippen LogP) is -0.431.